The fourth-order valence-corrected chi connectivity index (χ4v) is 2.72. The average molecular weight is 308 g/mol. The van der Waals surface area contributed by atoms with E-state index in [1.165, 1.54) is 0 Å². The molecule has 4 atom stereocenters. The van der Waals surface area contributed by atoms with Crippen molar-refractivity contribution in [3.8, 4) is 0 Å². The number of rotatable bonds is 4. The Bertz CT molecular complexity index is 476. The monoisotopic (exact) mass is 308 g/mol. The molecule has 2 aliphatic rings. The molecule has 122 valence electrons. The zero-order chi connectivity index (χ0) is 15.8. The molecule has 2 aliphatic heterocycles. The number of nitrogens with one attached hydrogen (secondary N) is 2. The molecule has 0 aliphatic carbocycles. The molecule has 1 aromatic carbocycles. The van der Waals surface area contributed by atoms with E-state index in [1.54, 1.807) is 0 Å². The summed E-state index contributed by atoms with van der Waals surface area (Å²) in [4.78, 5) is 0. The van der Waals surface area contributed by atoms with E-state index in [2.05, 4.69) is 10.6 Å². The van der Waals surface area contributed by atoms with Gasteiger partial charge in [0.25, 0.3) is 0 Å². The van der Waals surface area contributed by atoms with Crippen molar-refractivity contribution in [3.05, 3.63) is 35.4 Å². The van der Waals surface area contributed by atoms with E-state index in [0.717, 1.165) is 11.1 Å². The maximum atomic E-state index is 9.36. The van der Waals surface area contributed by atoms with E-state index in [1.807, 2.05) is 38.1 Å². The van der Waals surface area contributed by atoms with E-state index >= 15 is 0 Å². The lowest BCUT2D eigenvalue weighted by atomic mass is 10.0. The number of hydrogen-bond donors (Lipinski definition) is 4. The normalized spacial score (nSPS) is 38.5. The van der Waals surface area contributed by atoms with E-state index in [4.69, 9.17) is 9.47 Å². The van der Waals surface area contributed by atoms with Crippen LogP contribution >= 0.6 is 0 Å². The molecule has 2 fully saturated rings. The number of benzene rings is 1. The van der Waals surface area contributed by atoms with Gasteiger partial charge in [-0.1, -0.05) is 24.3 Å². The Morgan fingerprint density at radius 3 is 1.55 bits per heavy atom. The van der Waals surface area contributed by atoms with Crippen LogP contribution in [-0.4, -0.2) is 47.7 Å². The molecule has 4 N–H and O–H groups in total. The molecule has 6 heteroatoms. The van der Waals surface area contributed by atoms with E-state index in [0.29, 0.717) is 13.2 Å². The van der Waals surface area contributed by atoms with Gasteiger partial charge in [0.05, 0.1) is 37.5 Å². The van der Waals surface area contributed by atoms with Gasteiger partial charge >= 0.3 is 0 Å². The van der Waals surface area contributed by atoms with Crippen LogP contribution in [0.4, 0.5) is 0 Å². The molecule has 0 saturated carbocycles. The standard InChI is InChI=1S/C16H24N2O4/c1-15(7-19)9-21-13(17-15)11-3-5-12(6-4-11)14-18-16(2,8-20)10-22-14/h3-6,13-14,17-20H,7-10H2,1-2H3/t13-,14+,15+,16-. The first kappa shape index (κ1) is 15.9. The van der Waals surface area contributed by atoms with Crippen molar-refractivity contribution in [2.75, 3.05) is 26.4 Å². The van der Waals surface area contributed by atoms with Crippen LogP contribution in [0.15, 0.2) is 24.3 Å². The van der Waals surface area contributed by atoms with Crippen molar-refractivity contribution in [2.45, 2.75) is 37.4 Å². The minimum Gasteiger partial charge on any atom is -0.394 e. The Hall–Kier alpha value is -1.02. The van der Waals surface area contributed by atoms with Crippen molar-refractivity contribution in [1.82, 2.24) is 10.6 Å². The van der Waals surface area contributed by atoms with Gasteiger partial charge in [-0.3, -0.25) is 10.6 Å². The van der Waals surface area contributed by atoms with Crippen molar-refractivity contribution in [3.63, 3.8) is 0 Å². The summed E-state index contributed by atoms with van der Waals surface area (Å²) in [5.74, 6) is 0. The fourth-order valence-electron chi connectivity index (χ4n) is 2.72. The first-order chi connectivity index (χ1) is 10.5. The lowest BCUT2D eigenvalue weighted by molar-refractivity contribution is 0.0919. The number of hydrogen-bond acceptors (Lipinski definition) is 6. The van der Waals surface area contributed by atoms with Gasteiger partial charge in [-0.05, 0) is 25.0 Å². The van der Waals surface area contributed by atoms with E-state index in [-0.39, 0.29) is 36.7 Å². The quantitative estimate of drug-likeness (QED) is 0.645. The number of aliphatic hydroxyl groups is 2. The predicted octanol–water partition coefficient (Wildman–Crippen LogP) is 0.425. The van der Waals surface area contributed by atoms with Gasteiger partial charge in [0, 0.05) is 0 Å². The maximum Gasteiger partial charge on any atom is 0.134 e. The van der Waals surface area contributed by atoms with Gasteiger partial charge in [0.15, 0.2) is 0 Å². The Kier molecular flexibility index (Phi) is 4.24. The van der Waals surface area contributed by atoms with Gasteiger partial charge in [-0.15, -0.1) is 0 Å². The minimum absolute atomic E-state index is 0.0428. The minimum atomic E-state index is -0.387. The number of ether oxygens (including phenoxy) is 2. The van der Waals surface area contributed by atoms with Gasteiger partial charge < -0.3 is 19.7 Å². The molecule has 2 saturated heterocycles. The van der Waals surface area contributed by atoms with Crippen LogP contribution < -0.4 is 10.6 Å². The third-order valence-electron chi connectivity index (χ3n) is 4.34. The Balaban J connectivity index is 1.67. The van der Waals surface area contributed by atoms with Gasteiger partial charge in [0.2, 0.25) is 0 Å². The molecule has 0 spiro atoms. The van der Waals surface area contributed by atoms with Crippen LogP contribution in [0.1, 0.15) is 37.4 Å². The SMILES string of the molecule is C[C@]1(CO)CO[C@H](c2ccc([C@H]3N[C@](C)(CO)CO3)cc2)N1. The summed E-state index contributed by atoms with van der Waals surface area (Å²) in [5.41, 5.74) is 1.26. The maximum absolute atomic E-state index is 9.36. The van der Waals surface area contributed by atoms with Crippen LogP contribution in [0.5, 0.6) is 0 Å². The molecule has 22 heavy (non-hydrogen) atoms. The number of aliphatic hydroxyl groups excluding tert-OH is 2. The lowest BCUT2D eigenvalue weighted by Gasteiger charge is -2.21. The van der Waals surface area contributed by atoms with Crippen LogP contribution in [0.3, 0.4) is 0 Å². The van der Waals surface area contributed by atoms with E-state index < -0.39 is 0 Å². The Labute approximate surface area is 130 Å². The second kappa shape index (κ2) is 5.88. The highest BCUT2D eigenvalue weighted by atomic mass is 16.5. The van der Waals surface area contributed by atoms with E-state index in [9.17, 15) is 10.2 Å². The van der Waals surface area contributed by atoms with Crippen molar-refractivity contribution < 1.29 is 19.7 Å². The molecule has 3 rings (SSSR count). The molecule has 6 nitrogen and oxygen atoms in total. The first-order valence-corrected chi connectivity index (χ1v) is 7.57. The van der Waals surface area contributed by atoms with Crippen molar-refractivity contribution in [2.24, 2.45) is 0 Å². The molecular weight excluding hydrogens is 284 g/mol. The second-order valence-electron chi connectivity index (χ2n) is 6.77. The average Bonchev–Trinajstić information content (AvgIpc) is 3.13. The first-order valence-electron chi connectivity index (χ1n) is 7.57. The summed E-state index contributed by atoms with van der Waals surface area (Å²) in [7, 11) is 0. The van der Waals surface area contributed by atoms with Gasteiger partial charge in [-0.2, -0.15) is 0 Å². The van der Waals surface area contributed by atoms with Crippen LogP contribution in [0.2, 0.25) is 0 Å². The lowest BCUT2D eigenvalue weighted by Crippen LogP contribution is -2.43. The largest absolute Gasteiger partial charge is 0.394 e. The Morgan fingerprint density at radius 1 is 0.909 bits per heavy atom. The molecule has 2 heterocycles. The van der Waals surface area contributed by atoms with Gasteiger partial charge in [0.1, 0.15) is 12.5 Å². The van der Waals surface area contributed by atoms with Gasteiger partial charge in [-0.25, -0.2) is 0 Å². The summed E-state index contributed by atoms with van der Waals surface area (Å²) < 4.78 is 11.4. The highest BCUT2D eigenvalue weighted by Crippen LogP contribution is 2.29. The topological polar surface area (TPSA) is 83.0 Å². The molecule has 1 aromatic rings. The highest BCUT2D eigenvalue weighted by Gasteiger charge is 2.37. The molecule has 0 amide bonds. The molecule has 0 aromatic heterocycles. The third-order valence-corrected chi connectivity index (χ3v) is 4.34. The van der Waals surface area contributed by atoms with Crippen LogP contribution in [-0.2, 0) is 9.47 Å². The third kappa shape index (κ3) is 3.03. The van der Waals surface area contributed by atoms with Crippen LogP contribution in [0, 0.1) is 0 Å². The summed E-state index contributed by atoms with van der Waals surface area (Å²) in [6, 6.07) is 7.98. The summed E-state index contributed by atoms with van der Waals surface area (Å²) in [6.07, 6.45) is -0.405. The highest BCUT2D eigenvalue weighted by molar-refractivity contribution is 5.27. The fraction of sp³-hybridized carbons (Fsp3) is 0.625. The van der Waals surface area contributed by atoms with Crippen molar-refractivity contribution >= 4 is 0 Å². The molecule has 0 unspecified atom stereocenters. The molecular formula is C16H24N2O4. The van der Waals surface area contributed by atoms with Crippen LogP contribution in [0.25, 0.3) is 0 Å². The van der Waals surface area contributed by atoms with Crippen molar-refractivity contribution in [1.29, 1.82) is 0 Å². The summed E-state index contributed by atoms with van der Waals surface area (Å²) in [5, 5.41) is 25.3. The smallest absolute Gasteiger partial charge is 0.134 e. The zero-order valence-electron chi connectivity index (χ0n) is 13.0. The predicted molar refractivity (Wildman–Crippen MR) is 81.1 cm³/mol. The zero-order valence-corrected chi connectivity index (χ0v) is 13.0. The Morgan fingerprint density at radius 2 is 1.27 bits per heavy atom. The summed E-state index contributed by atoms with van der Waals surface area (Å²) >= 11 is 0. The summed E-state index contributed by atoms with van der Waals surface area (Å²) in [6.45, 7) is 4.93. The molecule has 0 bridgehead atoms. The molecule has 0 radical (unpaired) electrons. The second-order valence-corrected chi connectivity index (χ2v) is 6.77.